The second-order valence-corrected chi connectivity index (χ2v) is 9.84. The molecule has 6 nitrogen and oxygen atoms in total. The van der Waals surface area contributed by atoms with E-state index < -0.39 is 11.7 Å². The second kappa shape index (κ2) is 11.7. The molecular weight excluding hydrogens is 513 g/mol. The summed E-state index contributed by atoms with van der Waals surface area (Å²) in [6.45, 7) is 4.13. The van der Waals surface area contributed by atoms with E-state index in [0.29, 0.717) is 16.9 Å². The van der Waals surface area contributed by atoms with Gasteiger partial charge in [0.15, 0.2) is 5.16 Å². The molecule has 1 heterocycles. The second-order valence-electron chi connectivity index (χ2n) is 8.90. The summed E-state index contributed by atoms with van der Waals surface area (Å²) in [5.41, 5.74) is 1.99. The summed E-state index contributed by atoms with van der Waals surface area (Å²) in [4.78, 5) is 12.5. The van der Waals surface area contributed by atoms with E-state index in [1.807, 2.05) is 41.0 Å². The normalized spacial score (nSPS) is 11.6. The van der Waals surface area contributed by atoms with E-state index in [2.05, 4.69) is 29.4 Å². The molecule has 198 valence electrons. The molecule has 0 unspecified atom stereocenters. The van der Waals surface area contributed by atoms with Gasteiger partial charge in [0, 0.05) is 29.5 Å². The Labute approximate surface area is 223 Å². The predicted molar refractivity (Wildman–Crippen MR) is 141 cm³/mol. The van der Waals surface area contributed by atoms with E-state index in [-0.39, 0.29) is 18.4 Å². The van der Waals surface area contributed by atoms with Crippen molar-refractivity contribution in [3.63, 3.8) is 0 Å². The average Bonchev–Trinajstić information content (AvgIpc) is 3.35. The Kier molecular flexibility index (Phi) is 8.41. The Morgan fingerprint density at radius 3 is 2.34 bits per heavy atom. The van der Waals surface area contributed by atoms with Crippen LogP contribution in [0.4, 0.5) is 13.2 Å². The number of halogens is 3. The van der Waals surface area contributed by atoms with Crippen LogP contribution in [-0.2, 0) is 18.5 Å². The van der Waals surface area contributed by atoms with Crippen molar-refractivity contribution in [2.75, 3.05) is 7.11 Å². The molecule has 0 aliphatic rings. The third-order valence-electron chi connectivity index (χ3n) is 5.80. The molecule has 0 fully saturated rings. The van der Waals surface area contributed by atoms with Crippen LogP contribution in [-0.4, -0.2) is 27.8 Å². The number of hydrogen-bond donors (Lipinski definition) is 1. The van der Waals surface area contributed by atoms with Crippen LogP contribution in [0.2, 0.25) is 0 Å². The lowest BCUT2D eigenvalue weighted by Gasteiger charge is -2.13. The highest BCUT2D eigenvalue weighted by Crippen LogP contribution is 2.30. The first-order chi connectivity index (χ1) is 18.2. The first kappa shape index (κ1) is 27.3. The molecule has 3 aromatic carbocycles. The molecule has 0 saturated carbocycles. The van der Waals surface area contributed by atoms with Gasteiger partial charge in [0.05, 0.1) is 12.7 Å². The van der Waals surface area contributed by atoms with E-state index in [0.717, 1.165) is 40.1 Å². The summed E-state index contributed by atoms with van der Waals surface area (Å²) in [7, 11) is 1.62. The third kappa shape index (κ3) is 6.55. The van der Waals surface area contributed by atoms with Crippen molar-refractivity contribution in [1.29, 1.82) is 0 Å². The number of methoxy groups -OCH3 is 1. The lowest BCUT2D eigenvalue weighted by molar-refractivity contribution is -0.137. The van der Waals surface area contributed by atoms with Crippen LogP contribution in [0, 0.1) is 0 Å². The molecule has 4 rings (SSSR count). The largest absolute Gasteiger partial charge is 0.497 e. The standard InChI is InChI=1S/C28H27F3N4O2S/c1-18(2)25-33-34-27(35(25)23-11-13-24(37-3)14-12-23)38-17-19-7-9-21(10-8-19)26(36)32-16-20-5-4-6-22(15-20)28(29,30)31/h4-15,18H,16-17H2,1-3H3,(H,32,36). The highest BCUT2D eigenvalue weighted by Gasteiger charge is 2.30. The zero-order valence-electron chi connectivity index (χ0n) is 21.1. The number of hydrogen-bond acceptors (Lipinski definition) is 5. The molecule has 0 radical (unpaired) electrons. The third-order valence-corrected chi connectivity index (χ3v) is 6.80. The van der Waals surface area contributed by atoms with Gasteiger partial charge in [-0.2, -0.15) is 13.2 Å². The molecule has 10 heteroatoms. The summed E-state index contributed by atoms with van der Waals surface area (Å²) in [5.74, 6) is 2.04. The maximum absolute atomic E-state index is 12.9. The van der Waals surface area contributed by atoms with Crippen LogP contribution in [0.1, 0.15) is 52.6 Å². The first-order valence-electron chi connectivity index (χ1n) is 11.9. The van der Waals surface area contributed by atoms with Gasteiger partial charge in [-0.05, 0) is 59.7 Å². The van der Waals surface area contributed by atoms with Crippen molar-refractivity contribution in [3.8, 4) is 11.4 Å². The number of nitrogens with one attached hydrogen (secondary N) is 1. The van der Waals surface area contributed by atoms with Crippen LogP contribution >= 0.6 is 11.8 Å². The molecule has 0 saturated heterocycles. The maximum Gasteiger partial charge on any atom is 0.416 e. The number of rotatable bonds is 9. The molecular formula is C28H27F3N4O2S. The Bertz CT molecular complexity index is 1380. The summed E-state index contributed by atoms with van der Waals surface area (Å²) < 4.78 is 46.0. The summed E-state index contributed by atoms with van der Waals surface area (Å²) >= 11 is 1.53. The van der Waals surface area contributed by atoms with Crippen LogP contribution < -0.4 is 10.1 Å². The number of amides is 1. The van der Waals surface area contributed by atoms with E-state index in [4.69, 9.17) is 4.74 Å². The Hall–Kier alpha value is -3.79. The summed E-state index contributed by atoms with van der Waals surface area (Å²) in [6.07, 6.45) is -4.42. The van der Waals surface area contributed by atoms with Gasteiger partial charge in [-0.25, -0.2) is 0 Å². The summed E-state index contributed by atoms with van der Waals surface area (Å²) in [5, 5.41) is 12.2. The minimum Gasteiger partial charge on any atom is -0.497 e. The summed E-state index contributed by atoms with van der Waals surface area (Å²) in [6, 6.07) is 19.7. The number of ether oxygens (including phenoxy) is 1. The molecule has 4 aromatic rings. The highest BCUT2D eigenvalue weighted by atomic mass is 32.2. The van der Waals surface area contributed by atoms with Crippen LogP contribution in [0.15, 0.2) is 78.0 Å². The lowest BCUT2D eigenvalue weighted by atomic mass is 10.1. The van der Waals surface area contributed by atoms with E-state index >= 15 is 0 Å². The monoisotopic (exact) mass is 540 g/mol. The number of carbonyl (C=O) groups excluding carboxylic acids is 1. The topological polar surface area (TPSA) is 69.0 Å². The number of carbonyl (C=O) groups is 1. The molecule has 0 aliphatic carbocycles. The average molecular weight is 541 g/mol. The Morgan fingerprint density at radius 1 is 1.00 bits per heavy atom. The number of alkyl halides is 3. The fraction of sp³-hybridized carbons (Fsp3) is 0.250. The van der Waals surface area contributed by atoms with Crippen molar-refractivity contribution < 1.29 is 22.7 Å². The maximum atomic E-state index is 12.9. The van der Waals surface area contributed by atoms with Gasteiger partial charge in [-0.3, -0.25) is 9.36 Å². The smallest absolute Gasteiger partial charge is 0.416 e. The number of thioether (sulfide) groups is 1. The van der Waals surface area contributed by atoms with Crippen LogP contribution in [0.3, 0.4) is 0 Å². The SMILES string of the molecule is COc1ccc(-n2c(SCc3ccc(C(=O)NCc4cccc(C(F)(F)F)c4)cc3)nnc2C(C)C)cc1. The Balaban J connectivity index is 1.40. The quantitative estimate of drug-likeness (QED) is 0.241. The van der Waals surface area contributed by atoms with Crippen molar-refractivity contribution in [2.45, 2.75) is 43.4 Å². The van der Waals surface area contributed by atoms with Gasteiger partial charge in [-0.15, -0.1) is 10.2 Å². The first-order valence-corrected chi connectivity index (χ1v) is 12.9. The molecule has 0 bridgehead atoms. The molecule has 0 atom stereocenters. The van der Waals surface area contributed by atoms with E-state index in [9.17, 15) is 18.0 Å². The predicted octanol–water partition coefficient (Wildman–Crippen LogP) is 6.64. The minimum absolute atomic E-state index is 0.000436. The van der Waals surface area contributed by atoms with Gasteiger partial charge < -0.3 is 10.1 Å². The fourth-order valence-corrected chi connectivity index (χ4v) is 4.68. The highest BCUT2D eigenvalue weighted by molar-refractivity contribution is 7.98. The van der Waals surface area contributed by atoms with Gasteiger partial charge in [0.1, 0.15) is 11.6 Å². The minimum atomic E-state index is -4.42. The van der Waals surface area contributed by atoms with E-state index in [1.54, 1.807) is 25.3 Å². The van der Waals surface area contributed by atoms with Gasteiger partial charge >= 0.3 is 6.18 Å². The molecule has 0 aliphatic heterocycles. The van der Waals surface area contributed by atoms with E-state index in [1.165, 1.54) is 17.8 Å². The van der Waals surface area contributed by atoms with Crippen molar-refractivity contribution in [1.82, 2.24) is 20.1 Å². The van der Waals surface area contributed by atoms with Gasteiger partial charge in [0.2, 0.25) is 0 Å². The van der Waals surface area contributed by atoms with Crippen molar-refractivity contribution in [2.24, 2.45) is 0 Å². The zero-order valence-corrected chi connectivity index (χ0v) is 21.9. The molecule has 38 heavy (non-hydrogen) atoms. The lowest BCUT2D eigenvalue weighted by Crippen LogP contribution is -2.23. The van der Waals surface area contributed by atoms with Crippen molar-refractivity contribution >= 4 is 17.7 Å². The number of benzene rings is 3. The van der Waals surface area contributed by atoms with Gasteiger partial charge in [-0.1, -0.05) is 49.9 Å². The van der Waals surface area contributed by atoms with Gasteiger partial charge in [0.25, 0.3) is 5.91 Å². The molecule has 0 spiro atoms. The fourth-order valence-electron chi connectivity index (χ4n) is 3.76. The molecule has 1 aromatic heterocycles. The zero-order chi connectivity index (χ0) is 27.3. The van der Waals surface area contributed by atoms with Crippen molar-refractivity contribution in [3.05, 3.63) is 101 Å². The molecule has 1 amide bonds. The number of nitrogens with zero attached hydrogens (tertiary/aromatic N) is 3. The van der Waals surface area contributed by atoms with Crippen LogP contribution in [0.25, 0.3) is 5.69 Å². The Morgan fingerprint density at radius 2 is 1.71 bits per heavy atom. The number of aromatic nitrogens is 3. The molecule has 1 N–H and O–H groups in total. The van der Waals surface area contributed by atoms with Crippen LogP contribution in [0.5, 0.6) is 5.75 Å².